The lowest BCUT2D eigenvalue weighted by molar-refractivity contribution is -0.285. The van der Waals surface area contributed by atoms with Crippen LogP contribution in [0.2, 0.25) is 0 Å². The lowest BCUT2D eigenvalue weighted by Crippen LogP contribution is -2.59. The van der Waals surface area contributed by atoms with Crippen LogP contribution in [-0.4, -0.2) is 70.1 Å². The van der Waals surface area contributed by atoms with Gasteiger partial charge in [0, 0.05) is 33.3 Å². The summed E-state index contributed by atoms with van der Waals surface area (Å²) in [4.78, 5) is 47.0. The third-order valence-corrected chi connectivity index (χ3v) is 5.05. The van der Waals surface area contributed by atoms with Crippen LogP contribution in [0.15, 0.2) is 18.3 Å². The summed E-state index contributed by atoms with van der Waals surface area (Å²) in [6.07, 6.45) is -4.50. The Kier molecular flexibility index (Phi) is 8.47. The highest BCUT2D eigenvalue weighted by Gasteiger charge is 2.53. The number of benzene rings is 1. The van der Waals surface area contributed by atoms with E-state index >= 15 is 0 Å². The van der Waals surface area contributed by atoms with Crippen LogP contribution in [0.3, 0.4) is 0 Å². The van der Waals surface area contributed by atoms with Crippen molar-refractivity contribution in [1.29, 1.82) is 0 Å². The standard InChI is InChI=1S/C22H22F3N3O9/c1-9(29)33-8-17-20(34-10(2)30)19(21(35-11(3)31)22(37-17)36-12(4)32)28-7-16(26-27-28)13-5-14(23)18(25)15(24)6-13/h5-7,17,19-22H,8H2,1-4H3/t17-,19+,20+,21-,22-/m1/s1. The third-order valence-electron chi connectivity index (χ3n) is 5.05. The van der Waals surface area contributed by atoms with Crippen molar-refractivity contribution in [3.8, 4) is 11.3 Å². The maximum atomic E-state index is 13.8. The fourth-order valence-corrected chi connectivity index (χ4v) is 3.70. The van der Waals surface area contributed by atoms with Gasteiger partial charge in [-0.2, -0.15) is 0 Å². The van der Waals surface area contributed by atoms with Crippen LogP contribution in [0.25, 0.3) is 11.3 Å². The summed E-state index contributed by atoms with van der Waals surface area (Å²) in [6.45, 7) is 3.86. The van der Waals surface area contributed by atoms with Crippen molar-refractivity contribution in [2.45, 2.75) is 58.3 Å². The summed E-state index contributed by atoms with van der Waals surface area (Å²) in [5.74, 6) is -7.78. The van der Waals surface area contributed by atoms with Gasteiger partial charge in [0.15, 0.2) is 29.7 Å². The number of rotatable bonds is 7. The van der Waals surface area contributed by atoms with Gasteiger partial charge in [-0.1, -0.05) is 5.21 Å². The maximum Gasteiger partial charge on any atom is 0.305 e. The van der Waals surface area contributed by atoms with Crippen molar-refractivity contribution in [2.75, 3.05) is 6.61 Å². The van der Waals surface area contributed by atoms with Crippen molar-refractivity contribution in [1.82, 2.24) is 15.0 Å². The fraction of sp³-hybridized carbons (Fsp3) is 0.455. The molecule has 15 heteroatoms. The molecule has 1 saturated heterocycles. The Balaban J connectivity index is 2.12. The first-order valence-corrected chi connectivity index (χ1v) is 10.7. The first kappa shape index (κ1) is 27.6. The number of carbonyl (C=O) groups is 4. The van der Waals surface area contributed by atoms with E-state index in [0.29, 0.717) is 12.1 Å². The van der Waals surface area contributed by atoms with Crippen LogP contribution < -0.4 is 0 Å². The van der Waals surface area contributed by atoms with Crippen molar-refractivity contribution in [3.63, 3.8) is 0 Å². The van der Waals surface area contributed by atoms with Gasteiger partial charge >= 0.3 is 23.9 Å². The largest absolute Gasteiger partial charge is 0.463 e. The van der Waals surface area contributed by atoms with Crippen molar-refractivity contribution in [3.05, 3.63) is 35.8 Å². The van der Waals surface area contributed by atoms with E-state index in [2.05, 4.69) is 10.3 Å². The molecule has 12 nitrogen and oxygen atoms in total. The molecule has 1 aliphatic heterocycles. The number of ether oxygens (including phenoxy) is 5. The molecule has 1 fully saturated rings. The number of nitrogens with zero attached hydrogens (tertiary/aromatic N) is 3. The Bertz CT molecular complexity index is 1180. The summed E-state index contributed by atoms with van der Waals surface area (Å²) in [5.41, 5.74) is -0.316. The molecule has 0 radical (unpaired) electrons. The molecule has 0 saturated carbocycles. The average Bonchev–Trinajstić information content (AvgIpc) is 3.26. The molecule has 0 bridgehead atoms. The Morgan fingerprint density at radius 1 is 0.892 bits per heavy atom. The maximum absolute atomic E-state index is 13.8. The van der Waals surface area contributed by atoms with Crippen LogP contribution in [0, 0.1) is 17.5 Å². The van der Waals surface area contributed by atoms with Gasteiger partial charge in [-0.25, -0.2) is 17.9 Å². The monoisotopic (exact) mass is 529 g/mol. The van der Waals surface area contributed by atoms with Gasteiger partial charge in [-0.05, 0) is 12.1 Å². The topological polar surface area (TPSA) is 145 Å². The molecule has 200 valence electrons. The molecule has 5 atom stereocenters. The molecular weight excluding hydrogens is 507 g/mol. The van der Waals surface area contributed by atoms with Crippen LogP contribution >= 0.6 is 0 Å². The van der Waals surface area contributed by atoms with E-state index in [1.54, 1.807) is 0 Å². The average molecular weight is 529 g/mol. The van der Waals surface area contributed by atoms with E-state index in [-0.39, 0.29) is 11.3 Å². The van der Waals surface area contributed by atoms with E-state index in [1.807, 2.05) is 0 Å². The van der Waals surface area contributed by atoms with Crippen molar-refractivity contribution < 1.29 is 56.0 Å². The number of esters is 4. The minimum absolute atomic E-state index is 0.131. The van der Waals surface area contributed by atoms with E-state index in [1.165, 1.54) is 0 Å². The Morgan fingerprint density at radius 2 is 1.46 bits per heavy atom. The fourth-order valence-electron chi connectivity index (χ4n) is 3.70. The van der Waals surface area contributed by atoms with Crippen LogP contribution in [-0.2, 0) is 42.9 Å². The highest BCUT2D eigenvalue weighted by Crippen LogP contribution is 2.36. The molecule has 1 aromatic carbocycles. The second-order valence-corrected chi connectivity index (χ2v) is 7.93. The van der Waals surface area contributed by atoms with Gasteiger partial charge in [0.05, 0.1) is 6.20 Å². The van der Waals surface area contributed by atoms with E-state index < -0.39 is 78.6 Å². The molecule has 0 spiro atoms. The van der Waals surface area contributed by atoms with E-state index in [0.717, 1.165) is 38.6 Å². The third kappa shape index (κ3) is 6.61. The second-order valence-electron chi connectivity index (χ2n) is 7.93. The first-order chi connectivity index (χ1) is 17.4. The molecule has 2 heterocycles. The molecule has 0 unspecified atom stereocenters. The number of hydrogen-bond acceptors (Lipinski definition) is 11. The zero-order valence-electron chi connectivity index (χ0n) is 20.0. The van der Waals surface area contributed by atoms with Gasteiger partial charge in [-0.3, -0.25) is 19.2 Å². The quantitative estimate of drug-likeness (QED) is 0.293. The normalized spacial score (nSPS) is 23.2. The Labute approximate surface area is 207 Å². The SMILES string of the molecule is CC(=O)OC[C@H]1O[C@@H](OC(C)=O)[C@H](OC(C)=O)[C@@H](n2cc(-c3cc(F)c(F)c(F)c3)nn2)[C@H]1OC(C)=O. The van der Waals surface area contributed by atoms with Gasteiger partial charge in [-0.15, -0.1) is 5.10 Å². The van der Waals surface area contributed by atoms with Gasteiger partial charge in [0.25, 0.3) is 0 Å². The van der Waals surface area contributed by atoms with E-state index in [9.17, 15) is 32.3 Å². The van der Waals surface area contributed by atoms with Gasteiger partial charge < -0.3 is 23.7 Å². The zero-order valence-corrected chi connectivity index (χ0v) is 20.0. The molecule has 1 aromatic heterocycles. The number of carbonyl (C=O) groups excluding carboxylic acids is 4. The Hall–Kier alpha value is -4.01. The minimum atomic E-state index is -1.68. The number of aromatic nitrogens is 3. The summed E-state index contributed by atoms with van der Waals surface area (Å²) in [6, 6.07) is 0.0761. The Morgan fingerprint density at radius 3 is 2.00 bits per heavy atom. The molecule has 0 N–H and O–H groups in total. The van der Waals surface area contributed by atoms with Gasteiger partial charge in [0.2, 0.25) is 6.29 Å². The highest BCUT2D eigenvalue weighted by molar-refractivity contribution is 5.68. The predicted octanol–water partition coefficient (Wildman–Crippen LogP) is 1.62. The minimum Gasteiger partial charge on any atom is -0.463 e. The first-order valence-electron chi connectivity index (χ1n) is 10.7. The smallest absolute Gasteiger partial charge is 0.305 e. The number of hydrogen-bond donors (Lipinski definition) is 0. The zero-order chi connectivity index (χ0) is 27.4. The molecule has 3 rings (SSSR count). The molecule has 0 aliphatic carbocycles. The van der Waals surface area contributed by atoms with Crippen LogP contribution in [0.1, 0.15) is 33.7 Å². The second kappa shape index (κ2) is 11.4. The molecule has 0 amide bonds. The molecule has 2 aromatic rings. The molecule has 1 aliphatic rings. The van der Waals surface area contributed by atoms with Crippen LogP contribution in [0.5, 0.6) is 0 Å². The lowest BCUT2D eigenvalue weighted by Gasteiger charge is -2.44. The highest BCUT2D eigenvalue weighted by atomic mass is 19.2. The van der Waals surface area contributed by atoms with Gasteiger partial charge in [0.1, 0.15) is 24.4 Å². The molecule has 37 heavy (non-hydrogen) atoms. The van der Waals surface area contributed by atoms with Crippen molar-refractivity contribution >= 4 is 23.9 Å². The van der Waals surface area contributed by atoms with E-state index in [4.69, 9.17) is 23.7 Å². The van der Waals surface area contributed by atoms with Crippen LogP contribution in [0.4, 0.5) is 13.2 Å². The summed E-state index contributed by atoms with van der Waals surface area (Å²) >= 11 is 0. The molecular formula is C22H22F3N3O9. The predicted molar refractivity (Wildman–Crippen MR) is 113 cm³/mol. The summed E-state index contributed by atoms with van der Waals surface area (Å²) in [7, 11) is 0. The summed E-state index contributed by atoms with van der Waals surface area (Å²) in [5, 5.41) is 7.73. The summed E-state index contributed by atoms with van der Waals surface area (Å²) < 4.78 is 68.6. The lowest BCUT2D eigenvalue weighted by atomic mass is 9.95. The number of halogens is 3. The van der Waals surface area contributed by atoms with Crippen molar-refractivity contribution in [2.24, 2.45) is 0 Å².